The molecule has 26 heavy (non-hydrogen) atoms. The highest BCUT2D eigenvalue weighted by Crippen LogP contribution is 2.23. The van der Waals surface area contributed by atoms with Crippen molar-refractivity contribution >= 4 is 39.0 Å². The lowest BCUT2D eigenvalue weighted by Gasteiger charge is -2.18. The molecule has 0 saturated heterocycles. The van der Waals surface area contributed by atoms with Crippen LogP contribution in [0.3, 0.4) is 0 Å². The van der Waals surface area contributed by atoms with Gasteiger partial charge in [0.15, 0.2) is 0 Å². The van der Waals surface area contributed by atoms with Crippen LogP contribution in [0.25, 0.3) is 5.52 Å². The third-order valence-electron chi connectivity index (χ3n) is 3.94. The van der Waals surface area contributed by atoms with Crippen molar-refractivity contribution in [2.75, 3.05) is 19.1 Å². The number of hydrogen-bond donors (Lipinski definition) is 0. The molecule has 0 unspecified atom stereocenters. The summed E-state index contributed by atoms with van der Waals surface area (Å²) in [6.07, 6.45) is 3.34. The topological polar surface area (TPSA) is 87.7 Å². The number of fused-ring (bicyclic) bond motifs is 1. The molecule has 1 aromatic carbocycles. The highest BCUT2D eigenvalue weighted by molar-refractivity contribution is 9.10. The number of ether oxygens (including phenoxy) is 1. The number of carbonyl (C=O) groups is 2. The minimum Gasteiger partial charge on any atom is -0.465 e. The Bertz CT molecular complexity index is 1070. The van der Waals surface area contributed by atoms with E-state index in [1.807, 2.05) is 6.07 Å². The largest absolute Gasteiger partial charge is 0.465 e. The van der Waals surface area contributed by atoms with Crippen molar-refractivity contribution in [1.82, 2.24) is 9.61 Å². The van der Waals surface area contributed by atoms with E-state index in [4.69, 9.17) is 10.00 Å². The van der Waals surface area contributed by atoms with Crippen molar-refractivity contribution < 1.29 is 14.3 Å². The summed E-state index contributed by atoms with van der Waals surface area (Å²) in [5.41, 5.74) is 2.00. The van der Waals surface area contributed by atoms with Crippen LogP contribution in [0.5, 0.6) is 0 Å². The van der Waals surface area contributed by atoms with Crippen LogP contribution in [-0.2, 0) is 4.74 Å². The number of benzene rings is 1. The SMILES string of the molecule is COC(=O)c1cc(N(C)C(=O)c2ccn3ncc(Br)c3c2)ccc1C#N. The Balaban J connectivity index is 1.98. The minimum atomic E-state index is -0.631. The number of anilines is 1. The summed E-state index contributed by atoms with van der Waals surface area (Å²) < 4.78 is 7.13. The Kier molecular flexibility index (Phi) is 4.73. The molecule has 0 fully saturated rings. The van der Waals surface area contributed by atoms with Crippen molar-refractivity contribution in [2.24, 2.45) is 0 Å². The van der Waals surface area contributed by atoms with Crippen molar-refractivity contribution in [3.63, 3.8) is 0 Å². The standard InChI is InChI=1S/C18H13BrN4O3/c1-22(13-4-3-12(9-20)14(8-13)18(25)26-2)17(24)11-5-6-23-16(7-11)15(19)10-21-23/h3-8,10H,1-2H3. The summed E-state index contributed by atoms with van der Waals surface area (Å²) >= 11 is 3.39. The van der Waals surface area contributed by atoms with Crippen LogP contribution in [0.1, 0.15) is 26.3 Å². The molecule has 0 saturated carbocycles. The maximum Gasteiger partial charge on any atom is 0.339 e. The van der Waals surface area contributed by atoms with Crippen LogP contribution < -0.4 is 4.90 Å². The van der Waals surface area contributed by atoms with Gasteiger partial charge in [0.1, 0.15) is 6.07 Å². The molecular weight excluding hydrogens is 400 g/mol. The molecule has 1 amide bonds. The Morgan fingerprint density at radius 3 is 2.77 bits per heavy atom. The molecule has 2 aromatic heterocycles. The van der Waals surface area contributed by atoms with Crippen LogP contribution >= 0.6 is 15.9 Å². The second kappa shape index (κ2) is 6.98. The van der Waals surface area contributed by atoms with Gasteiger partial charge in [-0.1, -0.05) is 0 Å². The van der Waals surface area contributed by atoms with E-state index in [0.29, 0.717) is 11.3 Å². The number of aromatic nitrogens is 2. The van der Waals surface area contributed by atoms with Gasteiger partial charge < -0.3 is 9.64 Å². The summed E-state index contributed by atoms with van der Waals surface area (Å²) in [5.74, 6) is -0.894. The molecule has 0 spiro atoms. The number of nitrogens with zero attached hydrogens (tertiary/aromatic N) is 4. The van der Waals surface area contributed by atoms with E-state index in [9.17, 15) is 9.59 Å². The number of esters is 1. The van der Waals surface area contributed by atoms with Crippen LogP contribution in [-0.4, -0.2) is 35.6 Å². The summed E-state index contributed by atoms with van der Waals surface area (Å²) in [6, 6.07) is 9.89. The molecule has 0 aliphatic carbocycles. The van der Waals surface area contributed by atoms with E-state index in [1.165, 1.54) is 24.1 Å². The van der Waals surface area contributed by atoms with Gasteiger partial charge in [0, 0.05) is 24.5 Å². The summed E-state index contributed by atoms with van der Waals surface area (Å²) in [6.45, 7) is 0. The van der Waals surface area contributed by atoms with Gasteiger partial charge in [-0.2, -0.15) is 10.4 Å². The molecule has 0 bridgehead atoms. The van der Waals surface area contributed by atoms with Gasteiger partial charge in [-0.3, -0.25) is 4.79 Å². The van der Waals surface area contributed by atoms with Crippen LogP contribution in [0.2, 0.25) is 0 Å². The maximum atomic E-state index is 12.8. The number of methoxy groups -OCH3 is 1. The Labute approximate surface area is 157 Å². The molecule has 0 radical (unpaired) electrons. The first-order valence-electron chi connectivity index (χ1n) is 7.49. The molecule has 0 aliphatic heterocycles. The molecule has 130 valence electrons. The van der Waals surface area contributed by atoms with E-state index >= 15 is 0 Å². The minimum absolute atomic E-state index is 0.112. The molecule has 7 nitrogen and oxygen atoms in total. The van der Waals surface area contributed by atoms with Crippen molar-refractivity contribution in [3.8, 4) is 6.07 Å². The van der Waals surface area contributed by atoms with Gasteiger partial charge in [0.05, 0.1) is 34.4 Å². The number of carbonyl (C=O) groups excluding carboxylic acids is 2. The highest BCUT2D eigenvalue weighted by Gasteiger charge is 2.19. The molecule has 8 heteroatoms. The van der Waals surface area contributed by atoms with Gasteiger partial charge in [0.25, 0.3) is 5.91 Å². The molecule has 0 atom stereocenters. The summed E-state index contributed by atoms with van der Waals surface area (Å²) in [4.78, 5) is 26.1. The fourth-order valence-electron chi connectivity index (χ4n) is 2.51. The summed E-state index contributed by atoms with van der Waals surface area (Å²) in [5, 5.41) is 13.3. The van der Waals surface area contributed by atoms with Crippen LogP contribution in [0.15, 0.2) is 47.2 Å². The third kappa shape index (κ3) is 3.05. The monoisotopic (exact) mass is 412 g/mol. The zero-order valence-corrected chi connectivity index (χ0v) is 15.5. The highest BCUT2D eigenvalue weighted by atomic mass is 79.9. The molecule has 0 N–H and O–H groups in total. The van der Waals surface area contributed by atoms with E-state index < -0.39 is 5.97 Å². The zero-order chi connectivity index (χ0) is 18.8. The third-order valence-corrected chi connectivity index (χ3v) is 4.55. The fraction of sp³-hybridized carbons (Fsp3) is 0.111. The number of pyridine rings is 1. The first-order chi connectivity index (χ1) is 12.5. The number of nitriles is 1. The maximum absolute atomic E-state index is 12.8. The molecule has 0 aliphatic rings. The predicted molar refractivity (Wildman–Crippen MR) is 98.1 cm³/mol. The second-order valence-electron chi connectivity index (χ2n) is 5.44. The summed E-state index contributed by atoms with van der Waals surface area (Å²) in [7, 11) is 2.84. The lowest BCUT2D eigenvalue weighted by atomic mass is 10.1. The van der Waals surface area contributed by atoms with E-state index in [0.717, 1.165) is 9.99 Å². The first-order valence-corrected chi connectivity index (χ1v) is 8.29. The average Bonchev–Trinajstić information content (AvgIpc) is 3.05. The average molecular weight is 413 g/mol. The van der Waals surface area contributed by atoms with E-state index in [-0.39, 0.29) is 17.0 Å². The Morgan fingerprint density at radius 1 is 1.31 bits per heavy atom. The Hall–Kier alpha value is -3.18. The van der Waals surface area contributed by atoms with E-state index in [1.54, 1.807) is 42.2 Å². The first kappa shape index (κ1) is 17.6. The Morgan fingerprint density at radius 2 is 2.08 bits per heavy atom. The number of rotatable bonds is 3. The van der Waals surface area contributed by atoms with Crippen molar-refractivity contribution in [1.29, 1.82) is 5.26 Å². The molecule has 3 aromatic rings. The van der Waals surface area contributed by atoms with Crippen LogP contribution in [0.4, 0.5) is 5.69 Å². The quantitative estimate of drug-likeness (QED) is 0.616. The van der Waals surface area contributed by atoms with Gasteiger partial charge in [0.2, 0.25) is 0 Å². The normalized spacial score (nSPS) is 10.4. The zero-order valence-electron chi connectivity index (χ0n) is 13.9. The van der Waals surface area contributed by atoms with Gasteiger partial charge >= 0.3 is 5.97 Å². The van der Waals surface area contributed by atoms with Gasteiger partial charge in [-0.15, -0.1) is 0 Å². The number of hydrogen-bond acceptors (Lipinski definition) is 5. The number of halogens is 1. The van der Waals surface area contributed by atoms with Crippen LogP contribution in [0, 0.1) is 11.3 Å². The predicted octanol–water partition coefficient (Wildman–Crippen LogP) is 3.03. The van der Waals surface area contributed by atoms with Gasteiger partial charge in [-0.05, 0) is 46.3 Å². The van der Waals surface area contributed by atoms with E-state index in [2.05, 4.69) is 21.0 Å². The van der Waals surface area contributed by atoms with Gasteiger partial charge in [-0.25, -0.2) is 9.31 Å². The van der Waals surface area contributed by atoms with Crippen molar-refractivity contribution in [2.45, 2.75) is 0 Å². The molecular formula is C18H13BrN4O3. The second-order valence-corrected chi connectivity index (χ2v) is 6.29. The lowest BCUT2D eigenvalue weighted by molar-refractivity contribution is 0.0600. The fourth-order valence-corrected chi connectivity index (χ4v) is 2.90. The smallest absolute Gasteiger partial charge is 0.339 e. The molecule has 2 heterocycles. The number of amides is 1. The molecule has 3 rings (SSSR count). The van der Waals surface area contributed by atoms with Crippen molar-refractivity contribution in [3.05, 3.63) is 63.9 Å². The lowest BCUT2D eigenvalue weighted by Crippen LogP contribution is -2.26.